The summed E-state index contributed by atoms with van der Waals surface area (Å²) in [6.45, 7) is 2.53. The van der Waals surface area contributed by atoms with Crippen molar-refractivity contribution in [2.75, 3.05) is 7.05 Å². The van der Waals surface area contributed by atoms with Crippen molar-refractivity contribution >= 4 is 17.5 Å². The lowest BCUT2D eigenvalue weighted by atomic mass is 10.1. The molecule has 3 aromatic rings. The van der Waals surface area contributed by atoms with E-state index in [-0.39, 0.29) is 5.91 Å². The lowest BCUT2D eigenvalue weighted by Gasteiger charge is -2.16. The first-order valence-electron chi connectivity index (χ1n) is 8.72. The quantitative estimate of drug-likeness (QED) is 0.618. The fraction of sp³-hybridized carbons (Fsp3) is 0.238. The molecule has 2 aromatic carbocycles. The summed E-state index contributed by atoms with van der Waals surface area (Å²) in [5, 5.41) is 5.46. The molecular weight excluding hydrogens is 346 g/mol. The van der Waals surface area contributed by atoms with Crippen LogP contribution in [0, 0.1) is 0 Å². The van der Waals surface area contributed by atoms with E-state index in [4.69, 9.17) is 16.7 Å². The second-order valence-electron chi connectivity index (χ2n) is 6.29. The zero-order chi connectivity index (χ0) is 18.5. The van der Waals surface area contributed by atoms with Crippen molar-refractivity contribution in [1.82, 2.24) is 14.7 Å². The van der Waals surface area contributed by atoms with Crippen LogP contribution in [0.4, 0.5) is 0 Å². The topological polar surface area (TPSA) is 38.1 Å². The largest absolute Gasteiger partial charge is 0.341 e. The van der Waals surface area contributed by atoms with E-state index >= 15 is 0 Å². The van der Waals surface area contributed by atoms with Crippen LogP contribution >= 0.6 is 11.6 Å². The number of rotatable bonds is 6. The normalized spacial score (nSPS) is 10.7. The Morgan fingerprint density at radius 3 is 2.46 bits per heavy atom. The van der Waals surface area contributed by atoms with Crippen LogP contribution < -0.4 is 0 Å². The molecule has 0 aliphatic rings. The van der Waals surface area contributed by atoms with Crippen LogP contribution in [0.1, 0.15) is 25.3 Å². The molecule has 0 saturated heterocycles. The minimum Gasteiger partial charge on any atom is -0.341 e. The first-order valence-corrected chi connectivity index (χ1v) is 9.10. The van der Waals surface area contributed by atoms with E-state index in [0.29, 0.717) is 18.0 Å². The van der Waals surface area contributed by atoms with Gasteiger partial charge in [-0.1, -0.05) is 48.9 Å². The molecule has 0 bridgehead atoms. The molecule has 1 amide bonds. The molecule has 5 heteroatoms. The molecule has 0 spiro atoms. The van der Waals surface area contributed by atoms with Crippen LogP contribution in [0.3, 0.4) is 0 Å². The van der Waals surface area contributed by atoms with Crippen molar-refractivity contribution in [3.05, 3.63) is 71.4 Å². The molecule has 0 fully saturated rings. The molecule has 0 saturated carbocycles. The molecule has 4 nitrogen and oxygen atoms in total. The van der Waals surface area contributed by atoms with E-state index in [0.717, 1.165) is 28.9 Å². The summed E-state index contributed by atoms with van der Waals surface area (Å²) in [7, 11) is 1.84. The molecule has 1 aromatic heterocycles. The molecule has 1 heterocycles. The van der Waals surface area contributed by atoms with Gasteiger partial charge in [0.1, 0.15) is 0 Å². The van der Waals surface area contributed by atoms with Gasteiger partial charge in [0.05, 0.1) is 11.4 Å². The van der Waals surface area contributed by atoms with Crippen molar-refractivity contribution < 1.29 is 4.79 Å². The number of hydrogen-bond donors (Lipinski definition) is 0. The van der Waals surface area contributed by atoms with E-state index in [1.54, 1.807) is 4.90 Å². The number of hydrogen-bond acceptors (Lipinski definition) is 2. The Morgan fingerprint density at radius 2 is 1.81 bits per heavy atom. The number of para-hydroxylation sites is 1. The summed E-state index contributed by atoms with van der Waals surface area (Å²) in [5.41, 5.74) is 3.83. The molecule has 0 N–H and O–H groups in total. The number of benzene rings is 2. The van der Waals surface area contributed by atoms with E-state index in [2.05, 4.69) is 0 Å². The predicted octanol–water partition coefficient (Wildman–Crippen LogP) is 4.95. The third-order valence-corrected chi connectivity index (χ3v) is 4.48. The van der Waals surface area contributed by atoms with Crippen molar-refractivity contribution in [2.24, 2.45) is 0 Å². The highest BCUT2D eigenvalue weighted by atomic mass is 35.5. The van der Waals surface area contributed by atoms with E-state index in [1.165, 1.54) is 0 Å². The smallest absolute Gasteiger partial charge is 0.222 e. The maximum absolute atomic E-state index is 12.2. The monoisotopic (exact) mass is 367 g/mol. The molecule has 0 atom stereocenters. The molecule has 0 unspecified atom stereocenters. The fourth-order valence-corrected chi connectivity index (χ4v) is 2.96. The number of nitrogens with zero attached hydrogens (tertiary/aromatic N) is 3. The van der Waals surface area contributed by atoms with Crippen LogP contribution in [0.15, 0.2) is 60.8 Å². The maximum atomic E-state index is 12.2. The standard InChI is InChI=1S/C21H22ClN3O/c1-3-7-20(26)24(2)14-17-15-25(19-8-5-4-6-9-19)23-21(17)16-10-12-18(22)13-11-16/h4-6,8-13,15H,3,7,14H2,1-2H3. The lowest BCUT2D eigenvalue weighted by molar-refractivity contribution is -0.130. The van der Waals surface area contributed by atoms with Gasteiger partial charge in [0.2, 0.25) is 5.91 Å². The summed E-state index contributed by atoms with van der Waals surface area (Å²) >= 11 is 6.02. The second kappa shape index (κ2) is 8.19. The van der Waals surface area contributed by atoms with Gasteiger partial charge in [-0.25, -0.2) is 4.68 Å². The van der Waals surface area contributed by atoms with Gasteiger partial charge < -0.3 is 4.90 Å². The lowest BCUT2D eigenvalue weighted by Crippen LogP contribution is -2.25. The van der Waals surface area contributed by atoms with Gasteiger partial charge in [-0.05, 0) is 30.7 Å². The third kappa shape index (κ3) is 4.14. The zero-order valence-corrected chi connectivity index (χ0v) is 15.8. The van der Waals surface area contributed by atoms with Gasteiger partial charge >= 0.3 is 0 Å². The first-order chi connectivity index (χ1) is 12.6. The molecule has 0 aliphatic carbocycles. The van der Waals surface area contributed by atoms with Gasteiger partial charge in [0.25, 0.3) is 0 Å². The maximum Gasteiger partial charge on any atom is 0.222 e. The highest BCUT2D eigenvalue weighted by molar-refractivity contribution is 6.30. The van der Waals surface area contributed by atoms with Crippen molar-refractivity contribution in [3.8, 4) is 16.9 Å². The third-order valence-electron chi connectivity index (χ3n) is 4.23. The van der Waals surface area contributed by atoms with Crippen LogP contribution in [-0.4, -0.2) is 27.6 Å². The number of aromatic nitrogens is 2. The van der Waals surface area contributed by atoms with Gasteiger partial charge in [-0.2, -0.15) is 5.10 Å². The van der Waals surface area contributed by atoms with Crippen LogP contribution in [-0.2, 0) is 11.3 Å². The van der Waals surface area contributed by atoms with Crippen molar-refractivity contribution in [1.29, 1.82) is 0 Å². The Hall–Kier alpha value is -2.59. The summed E-state index contributed by atoms with van der Waals surface area (Å²) in [4.78, 5) is 14.0. The predicted molar refractivity (Wildman–Crippen MR) is 105 cm³/mol. The second-order valence-corrected chi connectivity index (χ2v) is 6.73. The number of carbonyl (C=O) groups is 1. The van der Waals surface area contributed by atoms with E-state index < -0.39 is 0 Å². The molecule has 134 valence electrons. The summed E-state index contributed by atoms with van der Waals surface area (Å²) < 4.78 is 1.86. The van der Waals surface area contributed by atoms with Crippen LogP contribution in [0.25, 0.3) is 16.9 Å². The summed E-state index contributed by atoms with van der Waals surface area (Å²) in [6, 6.07) is 17.6. The van der Waals surface area contributed by atoms with Gasteiger partial charge in [-0.3, -0.25) is 4.79 Å². The Balaban J connectivity index is 1.99. The number of halogens is 1. The molecule has 26 heavy (non-hydrogen) atoms. The summed E-state index contributed by atoms with van der Waals surface area (Å²) in [5.74, 6) is 0.141. The minimum atomic E-state index is 0.141. The first kappa shape index (κ1) is 18.2. The van der Waals surface area contributed by atoms with Gasteiger partial charge in [-0.15, -0.1) is 0 Å². The van der Waals surface area contributed by atoms with E-state index in [1.807, 2.05) is 79.4 Å². The van der Waals surface area contributed by atoms with Crippen LogP contribution in [0.2, 0.25) is 5.02 Å². The highest BCUT2D eigenvalue weighted by Crippen LogP contribution is 2.26. The molecule has 3 rings (SSSR count). The number of amides is 1. The summed E-state index contributed by atoms with van der Waals surface area (Å²) in [6.07, 6.45) is 3.39. The fourth-order valence-electron chi connectivity index (χ4n) is 2.84. The molecule has 0 radical (unpaired) electrons. The Morgan fingerprint density at radius 1 is 1.12 bits per heavy atom. The van der Waals surface area contributed by atoms with Gasteiger partial charge in [0.15, 0.2) is 0 Å². The van der Waals surface area contributed by atoms with Crippen molar-refractivity contribution in [2.45, 2.75) is 26.3 Å². The van der Waals surface area contributed by atoms with Crippen molar-refractivity contribution in [3.63, 3.8) is 0 Å². The average molecular weight is 368 g/mol. The molecular formula is C21H22ClN3O. The Kier molecular flexibility index (Phi) is 5.74. The minimum absolute atomic E-state index is 0.141. The Labute approximate surface area is 159 Å². The molecule has 0 aliphatic heterocycles. The highest BCUT2D eigenvalue weighted by Gasteiger charge is 2.16. The van der Waals surface area contributed by atoms with E-state index in [9.17, 15) is 4.79 Å². The number of carbonyl (C=O) groups excluding carboxylic acids is 1. The van der Waals surface area contributed by atoms with Gasteiger partial charge in [0, 0.05) is 42.4 Å². The SMILES string of the molecule is CCCC(=O)N(C)Cc1cn(-c2ccccc2)nc1-c1ccc(Cl)cc1. The average Bonchev–Trinajstić information content (AvgIpc) is 3.07. The Bertz CT molecular complexity index is 872. The zero-order valence-electron chi connectivity index (χ0n) is 15.0. The van der Waals surface area contributed by atoms with Crippen LogP contribution in [0.5, 0.6) is 0 Å².